The van der Waals surface area contributed by atoms with Gasteiger partial charge in [0.2, 0.25) is 5.91 Å². The molecule has 3 N–H and O–H groups in total. The highest BCUT2D eigenvalue weighted by Crippen LogP contribution is 2.20. The third kappa shape index (κ3) is 3.68. The van der Waals surface area contributed by atoms with Crippen LogP contribution in [0.2, 0.25) is 0 Å². The number of amides is 1. The number of benzene rings is 1. The molecule has 1 saturated heterocycles. The van der Waals surface area contributed by atoms with Crippen molar-refractivity contribution >= 4 is 5.91 Å². The lowest BCUT2D eigenvalue weighted by Gasteiger charge is -2.19. The average molecular weight is 263 g/mol. The Morgan fingerprint density at radius 2 is 2.26 bits per heavy atom. The molecular formula is C14H21N3O2. The molecule has 0 saturated carbocycles. The smallest absolute Gasteiger partial charge is 0.221 e. The van der Waals surface area contributed by atoms with Gasteiger partial charge in [-0.25, -0.2) is 0 Å². The topological polar surface area (TPSA) is 67.6 Å². The second-order valence-corrected chi connectivity index (χ2v) is 4.73. The fraction of sp³-hybridized carbons (Fsp3) is 0.500. The quantitative estimate of drug-likeness (QED) is 0.829. The number of methoxy groups -OCH3 is 1. The molecule has 19 heavy (non-hydrogen) atoms. The molecule has 0 aromatic heterocycles. The largest absolute Gasteiger partial charge is 0.496 e. The Balaban J connectivity index is 2.04. The van der Waals surface area contributed by atoms with Crippen LogP contribution in [-0.4, -0.2) is 37.6 Å². The summed E-state index contributed by atoms with van der Waals surface area (Å²) in [6.07, 6.45) is 0.569. The number of nitrogens with zero attached hydrogens (tertiary/aromatic N) is 1. The Hall–Kier alpha value is -1.59. The summed E-state index contributed by atoms with van der Waals surface area (Å²) < 4.78 is 5.27. The van der Waals surface area contributed by atoms with Crippen LogP contribution in [0.1, 0.15) is 17.5 Å². The molecule has 0 bridgehead atoms. The van der Waals surface area contributed by atoms with Crippen LogP contribution in [0.15, 0.2) is 18.2 Å². The molecule has 0 spiro atoms. The highest BCUT2D eigenvalue weighted by Gasteiger charge is 2.14. The first kappa shape index (κ1) is 13.8. The van der Waals surface area contributed by atoms with E-state index >= 15 is 0 Å². The van der Waals surface area contributed by atoms with Crippen molar-refractivity contribution in [3.8, 4) is 5.75 Å². The van der Waals surface area contributed by atoms with Gasteiger partial charge in [0, 0.05) is 44.7 Å². The van der Waals surface area contributed by atoms with E-state index in [2.05, 4.69) is 22.3 Å². The average Bonchev–Trinajstić information content (AvgIpc) is 2.63. The predicted molar refractivity (Wildman–Crippen MR) is 73.8 cm³/mol. The van der Waals surface area contributed by atoms with Crippen LogP contribution in [0.25, 0.3) is 0 Å². The van der Waals surface area contributed by atoms with E-state index in [-0.39, 0.29) is 5.91 Å². The highest BCUT2D eigenvalue weighted by molar-refractivity contribution is 5.76. The van der Waals surface area contributed by atoms with Crippen LogP contribution in [0.4, 0.5) is 0 Å². The second kappa shape index (κ2) is 6.54. The normalized spacial score (nSPS) is 16.8. The summed E-state index contributed by atoms with van der Waals surface area (Å²) in [6.45, 7) is 3.72. The van der Waals surface area contributed by atoms with Crippen LogP contribution in [-0.2, 0) is 17.9 Å². The lowest BCUT2D eigenvalue weighted by atomic mass is 10.1. The molecule has 2 rings (SSSR count). The summed E-state index contributed by atoms with van der Waals surface area (Å²) in [5.74, 6) is 0.971. The number of nitrogens with one attached hydrogen (secondary N) is 1. The molecule has 0 atom stereocenters. The van der Waals surface area contributed by atoms with E-state index in [0.29, 0.717) is 13.0 Å². The molecule has 1 heterocycles. The Kier molecular flexibility index (Phi) is 4.76. The molecule has 1 aromatic rings. The number of hydrogen-bond donors (Lipinski definition) is 2. The summed E-state index contributed by atoms with van der Waals surface area (Å²) in [5, 5.41) is 2.88. The first-order chi connectivity index (χ1) is 9.22. The lowest BCUT2D eigenvalue weighted by Crippen LogP contribution is -2.28. The van der Waals surface area contributed by atoms with Gasteiger partial charge in [0.05, 0.1) is 7.11 Å². The van der Waals surface area contributed by atoms with Gasteiger partial charge >= 0.3 is 0 Å². The minimum Gasteiger partial charge on any atom is -0.496 e. The number of ether oxygens (including phenoxy) is 1. The van der Waals surface area contributed by atoms with Crippen LogP contribution in [0.5, 0.6) is 5.75 Å². The van der Waals surface area contributed by atoms with E-state index in [1.807, 2.05) is 6.07 Å². The Labute approximate surface area is 113 Å². The van der Waals surface area contributed by atoms with Crippen molar-refractivity contribution in [2.75, 3.05) is 26.7 Å². The predicted octanol–water partition coefficient (Wildman–Crippen LogP) is 0.476. The van der Waals surface area contributed by atoms with Gasteiger partial charge in [-0.2, -0.15) is 0 Å². The van der Waals surface area contributed by atoms with Crippen LogP contribution in [0.3, 0.4) is 0 Å². The molecule has 1 fully saturated rings. The Morgan fingerprint density at radius 3 is 3.00 bits per heavy atom. The van der Waals surface area contributed by atoms with E-state index < -0.39 is 0 Å². The van der Waals surface area contributed by atoms with Crippen molar-refractivity contribution in [2.24, 2.45) is 5.73 Å². The molecule has 5 heteroatoms. The molecule has 1 amide bonds. The van der Waals surface area contributed by atoms with Crippen LogP contribution >= 0.6 is 0 Å². The highest BCUT2D eigenvalue weighted by atomic mass is 16.5. The summed E-state index contributed by atoms with van der Waals surface area (Å²) in [7, 11) is 1.65. The van der Waals surface area contributed by atoms with Crippen molar-refractivity contribution in [2.45, 2.75) is 19.5 Å². The van der Waals surface area contributed by atoms with Gasteiger partial charge in [-0.1, -0.05) is 6.07 Å². The minimum absolute atomic E-state index is 0.139. The fourth-order valence-corrected chi connectivity index (χ4v) is 2.32. The summed E-state index contributed by atoms with van der Waals surface area (Å²) in [5.41, 5.74) is 7.95. The first-order valence-corrected chi connectivity index (χ1v) is 6.58. The summed E-state index contributed by atoms with van der Waals surface area (Å²) in [6, 6.07) is 6.09. The number of carbonyl (C=O) groups is 1. The molecule has 0 radical (unpaired) electrons. The van der Waals surface area contributed by atoms with Gasteiger partial charge in [0.25, 0.3) is 0 Å². The number of hydrogen-bond acceptors (Lipinski definition) is 4. The van der Waals surface area contributed by atoms with Gasteiger partial charge < -0.3 is 15.8 Å². The van der Waals surface area contributed by atoms with Gasteiger partial charge in [-0.05, 0) is 17.7 Å². The molecule has 0 unspecified atom stereocenters. The van der Waals surface area contributed by atoms with Crippen molar-refractivity contribution < 1.29 is 9.53 Å². The van der Waals surface area contributed by atoms with Gasteiger partial charge in [-0.3, -0.25) is 9.69 Å². The standard InChI is InChI=1S/C14H21N3O2/c1-19-13-3-2-11(8-12(13)9-15)10-17-6-4-14(18)16-5-7-17/h2-3,8H,4-7,9-10,15H2,1H3,(H,16,18). The number of nitrogens with two attached hydrogens (primary N) is 1. The third-order valence-electron chi connectivity index (χ3n) is 3.38. The zero-order chi connectivity index (χ0) is 13.7. The van der Waals surface area contributed by atoms with E-state index in [9.17, 15) is 4.79 Å². The van der Waals surface area contributed by atoms with Crippen molar-refractivity contribution in [3.63, 3.8) is 0 Å². The molecule has 1 aliphatic heterocycles. The van der Waals surface area contributed by atoms with Crippen LogP contribution in [0, 0.1) is 0 Å². The van der Waals surface area contributed by atoms with Gasteiger partial charge in [0.15, 0.2) is 0 Å². The number of carbonyl (C=O) groups excluding carboxylic acids is 1. The van der Waals surface area contributed by atoms with Crippen molar-refractivity contribution in [3.05, 3.63) is 29.3 Å². The summed E-state index contributed by atoms with van der Waals surface area (Å²) >= 11 is 0. The van der Waals surface area contributed by atoms with Crippen LogP contribution < -0.4 is 15.8 Å². The minimum atomic E-state index is 0.139. The van der Waals surface area contributed by atoms with E-state index in [1.54, 1.807) is 7.11 Å². The first-order valence-electron chi connectivity index (χ1n) is 6.58. The molecular weight excluding hydrogens is 242 g/mol. The maximum absolute atomic E-state index is 11.3. The SMILES string of the molecule is COc1ccc(CN2CCNC(=O)CC2)cc1CN. The fourth-order valence-electron chi connectivity index (χ4n) is 2.32. The summed E-state index contributed by atoms with van der Waals surface area (Å²) in [4.78, 5) is 13.6. The molecule has 104 valence electrons. The second-order valence-electron chi connectivity index (χ2n) is 4.73. The molecule has 1 aliphatic rings. The number of rotatable bonds is 4. The van der Waals surface area contributed by atoms with Gasteiger partial charge in [0.1, 0.15) is 5.75 Å². The molecule has 5 nitrogen and oxygen atoms in total. The van der Waals surface area contributed by atoms with E-state index in [0.717, 1.165) is 37.5 Å². The van der Waals surface area contributed by atoms with Crippen molar-refractivity contribution in [1.82, 2.24) is 10.2 Å². The molecule has 0 aliphatic carbocycles. The maximum atomic E-state index is 11.3. The van der Waals surface area contributed by atoms with Gasteiger partial charge in [-0.15, -0.1) is 0 Å². The van der Waals surface area contributed by atoms with E-state index in [4.69, 9.17) is 10.5 Å². The third-order valence-corrected chi connectivity index (χ3v) is 3.38. The Morgan fingerprint density at radius 1 is 1.42 bits per heavy atom. The van der Waals surface area contributed by atoms with E-state index in [1.165, 1.54) is 5.56 Å². The maximum Gasteiger partial charge on any atom is 0.221 e. The monoisotopic (exact) mass is 263 g/mol. The lowest BCUT2D eigenvalue weighted by molar-refractivity contribution is -0.120. The zero-order valence-electron chi connectivity index (χ0n) is 11.3. The zero-order valence-corrected chi connectivity index (χ0v) is 11.3. The Bertz CT molecular complexity index is 448. The van der Waals surface area contributed by atoms with Crippen molar-refractivity contribution in [1.29, 1.82) is 0 Å². The molecule has 1 aromatic carbocycles.